The first-order valence-electron chi connectivity index (χ1n) is 10.0. The van der Waals surface area contributed by atoms with Gasteiger partial charge in [-0.1, -0.05) is 41.1 Å². The van der Waals surface area contributed by atoms with Crippen LogP contribution >= 0.6 is 15.9 Å². The summed E-state index contributed by atoms with van der Waals surface area (Å²) in [5.41, 5.74) is 3.48. The van der Waals surface area contributed by atoms with Crippen LogP contribution in [0, 0.1) is 6.92 Å². The SMILES string of the molecule is CCOc1cc(Br)c(CC(=O)OCC(=O)Nc2c(C)cccc2CC)cc1OCC. The van der Waals surface area contributed by atoms with Crippen LogP contribution in [-0.4, -0.2) is 31.7 Å². The number of rotatable bonds is 10. The minimum absolute atomic E-state index is 0.00488. The number of carbonyl (C=O) groups excluding carboxylic acids is 2. The van der Waals surface area contributed by atoms with Crippen molar-refractivity contribution in [3.63, 3.8) is 0 Å². The van der Waals surface area contributed by atoms with Gasteiger partial charge in [0.1, 0.15) is 0 Å². The minimum Gasteiger partial charge on any atom is -0.490 e. The van der Waals surface area contributed by atoms with Crippen molar-refractivity contribution in [2.45, 2.75) is 40.5 Å². The number of para-hydroxylation sites is 1. The molecule has 2 rings (SSSR count). The number of hydrogen-bond donors (Lipinski definition) is 1. The molecule has 6 nitrogen and oxygen atoms in total. The van der Waals surface area contributed by atoms with Gasteiger partial charge >= 0.3 is 5.97 Å². The molecule has 0 spiro atoms. The maximum absolute atomic E-state index is 12.3. The quantitative estimate of drug-likeness (QED) is 0.495. The van der Waals surface area contributed by atoms with Crippen LogP contribution in [0.2, 0.25) is 0 Å². The molecule has 0 atom stereocenters. The van der Waals surface area contributed by atoms with E-state index in [1.54, 1.807) is 12.1 Å². The number of anilines is 1. The highest BCUT2D eigenvalue weighted by Gasteiger charge is 2.16. The fourth-order valence-electron chi connectivity index (χ4n) is 2.98. The summed E-state index contributed by atoms with van der Waals surface area (Å²) in [7, 11) is 0. The lowest BCUT2D eigenvalue weighted by Crippen LogP contribution is -2.22. The predicted octanol–water partition coefficient (Wildman–Crippen LogP) is 4.84. The molecule has 1 amide bonds. The molecule has 0 heterocycles. The molecule has 1 N–H and O–H groups in total. The molecule has 162 valence electrons. The van der Waals surface area contributed by atoms with Crippen molar-refractivity contribution in [2.75, 3.05) is 25.1 Å². The Kier molecular flexibility index (Phi) is 9.17. The van der Waals surface area contributed by atoms with Crippen LogP contribution in [0.5, 0.6) is 11.5 Å². The van der Waals surface area contributed by atoms with Gasteiger partial charge in [-0.25, -0.2) is 0 Å². The van der Waals surface area contributed by atoms with Crippen molar-refractivity contribution in [2.24, 2.45) is 0 Å². The monoisotopic (exact) mass is 477 g/mol. The molecule has 0 saturated heterocycles. The molecule has 30 heavy (non-hydrogen) atoms. The van der Waals surface area contributed by atoms with E-state index < -0.39 is 5.97 Å². The number of nitrogens with one attached hydrogen (secondary N) is 1. The van der Waals surface area contributed by atoms with E-state index in [0.717, 1.165) is 23.2 Å². The molecule has 0 aromatic heterocycles. The van der Waals surface area contributed by atoms with E-state index >= 15 is 0 Å². The van der Waals surface area contributed by atoms with Gasteiger partial charge in [0.05, 0.1) is 19.6 Å². The smallest absolute Gasteiger partial charge is 0.310 e. The molecule has 0 aliphatic carbocycles. The van der Waals surface area contributed by atoms with Crippen LogP contribution in [0.15, 0.2) is 34.8 Å². The van der Waals surface area contributed by atoms with Crippen LogP contribution in [0.1, 0.15) is 37.5 Å². The lowest BCUT2D eigenvalue weighted by molar-refractivity contribution is -0.146. The Morgan fingerprint density at radius 2 is 1.67 bits per heavy atom. The van der Waals surface area contributed by atoms with Gasteiger partial charge in [0.25, 0.3) is 5.91 Å². The second-order valence-corrected chi connectivity index (χ2v) is 7.46. The fraction of sp³-hybridized carbons (Fsp3) is 0.391. The van der Waals surface area contributed by atoms with Gasteiger partial charge in [-0.15, -0.1) is 0 Å². The van der Waals surface area contributed by atoms with Crippen LogP contribution in [0.4, 0.5) is 5.69 Å². The summed E-state index contributed by atoms with van der Waals surface area (Å²) >= 11 is 3.46. The van der Waals surface area contributed by atoms with E-state index in [0.29, 0.717) is 34.7 Å². The average Bonchev–Trinajstić information content (AvgIpc) is 2.71. The van der Waals surface area contributed by atoms with Gasteiger partial charge in [0.2, 0.25) is 0 Å². The van der Waals surface area contributed by atoms with Crippen molar-refractivity contribution in [1.29, 1.82) is 0 Å². The molecular weight excluding hydrogens is 450 g/mol. The van der Waals surface area contributed by atoms with Gasteiger partial charge in [-0.2, -0.15) is 0 Å². The number of hydrogen-bond acceptors (Lipinski definition) is 5. The first-order valence-corrected chi connectivity index (χ1v) is 10.8. The van der Waals surface area contributed by atoms with E-state index in [-0.39, 0.29) is 18.9 Å². The molecule has 0 unspecified atom stereocenters. The van der Waals surface area contributed by atoms with Crippen molar-refractivity contribution < 1.29 is 23.8 Å². The third-order valence-electron chi connectivity index (χ3n) is 4.42. The molecule has 2 aromatic rings. The Bertz CT molecular complexity index is 897. The summed E-state index contributed by atoms with van der Waals surface area (Å²) in [6, 6.07) is 9.37. The summed E-state index contributed by atoms with van der Waals surface area (Å²) in [5, 5.41) is 2.85. The Morgan fingerprint density at radius 3 is 2.30 bits per heavy atom. The predicted molar refractivity (Wildman–Crippen MR) is 120 cm³/mol. The second kappa shape index (κ2) is 11.6. The Labute approximate surface area is 186 Å². The maximum atomic E-state index is 12.3. The number of carbonyl (C=O) groups is 2. The summed E-state index contributed by atoms with van der Waals surface area (Å²) < 4.78 is 17.1. The largest absolute Gasteiger partial charge is 0.490 e. The lowest BCUT2D eigenvalue weighted by atomic mass is 10.1. The van der Waals surface area contributed by atoms with E-state index in [1.165, 1.54) is 0 Å². The Hall–Kier alpha value is -2.54. The fourth-order valence-corrected chi connectivity index (χ4v) is 3.44. The maximum Gasteiger partial charge on any atom is 0.310 e. The van der Waals surface area contributed by atoms with Crippen molar-refractivity contribution in [1.82, 2.24) is 0 Å². The number of esters is 1. The first kappa shape index (κ1) is 23.7. The molecule has 0 bridgehead atoms. The third-order valence-corrected chi connectivity index (χ3v) is 5.15. The highest BCUT2D eigenvalue weighted by molar-refractivity contribution is 9.10. The number of amides is 1. The average molecular weight is 478 g/mol. The highest BCUT2D eigenvalue weighted by Crippen LogP contribution is 2.34. The molecule has 0 radical (unpaired) electrons. The van der Waals surface area contributed by atoms with Crippen molar-refractivity contribution >= 4 is 33.5 Å². The number of halogens is 1. The zero-order valence-corrected chi connectivity index (χ0v) is 19.4. The normalized spacial score (nSPS) is 10.4. The van der Waals surface area contributed by atoms with Crippen LogP contribution in [-0.2, 0) is 27.2 Å². The van der Waals surface area contributed by atoms with Gasteiger partial charge in [0.15, 0.2) is 18.1 Å². The highest BCUT2D eigenvalue weighted by atomic mass is 79.9. The Balaban J connectivity index is 1.99. The number of ether oxygens (including phenoxy) is 3. The zero-order valence-electron chi connectivity index (χ0n) is 17.8. The topological polar surface area (TPSA) is 73.9 Å². The van der Waals surface area contributed by atoms with Crippen LogP contribution in [0.3, 0.4) is 0 Å². The molecule has 2 aromatic carbocycles. The zero-order chi connectivity index (χ0) is 22.1. The Morgan fingerprint density at radius 1 is 1.00 bits per heavy atom. The minimum atomic E-state index is -0.502. The second-order valence-electron chi connectivity index (χ2n) is 6.60. The van der Waals surface area contributed by atoms with Gasteiger partial charge in [-0.3, -0.25) is 9.59 Å². The van der Waals surface area contributed by atoms with E-state index in [4.69, 9.17) is 14.2 Å². The first-order chi connectivity index (χ1) is 14.4. The molecular formula is C23H28BrNO5. The lowest BCUT2D eigenvalue weighted by Gasteiger charge is -2.14. The van der Waals surface area contributed by atoms with E-state index in [2.05, 4.69) is 21.2 Å². The summed E-state index contributed by atoms with van der Waals surface area (Å²) in [6.07, 6.45) is 0.802. The standard InChI is InChI=1S/C23H28BrNO5/c1-5-16-10-8-9-15(4)23(16)25-21(26)14-30-22(27)12-17-11-19(28-6-2)20(29-7-3)13-18(17)24/h8-11,13H,5-7,12,14H2,1-4H3,(H,25,26). The summed E-state index contributed by atoms with van der Waals surface area (Å²) in [5.74, 6) is 0.300. The van der Waals surface area contributed by atoms with Crippen molar-refractivity contribution in [3.05, 3.63) is 51.5 Å². The third kappa shape index (κ3) is 6.49. The molecule has 7 heteroatoms. The van der Waals surface area contributed by atoms with Crippen LogP contribution < -0.4 is 14.8 Å². The van der Waals surface area contributed by atoms with Crippen molar-refractivity contribution in [3.8, 4) is 11.5 Å². The van der Waals surface area contributed by atoms with Gasteiger partial charge in [-0.05, 0) is 56.0 Å². The number of aryl methyl sites for hydroxylation is 2. The van der Waals surface area contributed by atoms with Gasteiger partial charge < -0.3 is 19.5 Å². The summed E-state index contributed by atoms with van der Waals surface area (Å²) in [4.78, 5) is 24.6. The molecule has 0 fully saturated rings. The van der Waals surface area contributed by atoms with E-state index in [1.807, 2.05) is 45.9 Å². The number of benzene rings is 2. The molecule has 0 aliphatic rings. The van der Waals surface area contributed by atoms with Crippen LogP contribution in [0.25, 0.3) is 0 Å². The van der Waals surface area contributed by atoms with E-state index in [9.17, 15) is 9.59 Å². The molecule has 0 saturated carbocycles. The molecule has 0 aliphatic heterocycles. The van der Waals surface area contributed by atoms with Gasteiger partial charge in [0, 0.05) is 10.2 Å². The summed E-state index contributed by atoms with van der Waals surface area (Å²) in [6.45, 7) is 8.36.